The first-order valence-corrected chi connectivity index (χ1v) is 7.05. The van der Waals surface area contributed by atoms with Gasteiger partial charge in [-0.1, -0.05) is 29.4 Å². The highest BCUT2D eigenvalue weighted by Gasteiger charge is 2.04. The average Bonchev–Trinajstić information content (AvgIpc) is 2.89. The van der Waals surface area contributed by atoms with Crippen molar-refractivity contribution in [3.63, 3.8) is 0 Å². The number of guanidine groups is 1. The summed E-state index contributed by atoms with van der Waals surface area (Å²) in [6.07, 6.45) is 0. The van der Waals surface area contributed by atoms with Gasteiger partial charge in [-0.2, -0.15) is 4.98 Å². The summed E-state index contributed by atoms with van der Waals surface area (Å²) in [5, 5.41) is 10.1. The molecular weight excluding hydrogens is 393 g/mol. The second-order valence-corrected chi connectivity index (χ2v) is 4.71. The van der Waals surface area contributed by atoms with Crippen LogP contribution in [0.5, 0.6) is 0 Å². The molecule has 120 valence electrons. The molecule has 0 bridgehead atoms. The molecule has 1 aromatic heterocycles. The van der Waals surface area contributed by atoms with Crippen LogP contribution in [0.1, 0.15) is 29.8 Å². The number of nitrogens with zero attached hydrogens (tertiary/aromatic N) is 3. The summed E-state index contributed by atoms with van der Waals surface area (Å²) in [5.74, 6) is 1.92. The van der Waals surface area contributed by atoms with E-state index < -0.39 is 0 Å². The smallest absolute Gasteiger partial charge is 0.246 e. The zero-order valence-electron chi connectivity index (χ0n) is 13.1. The molecule has 1 aromatic carbocycles. The predicted octanol–water partition coefficient (Wildman–Crippen LogP) is 2.56. The zero-order valence-corrected chi connectivity index (χ0v) is 15.4. The first-order chi connectivity index (χ1) is 10.2. The highest BCUT2D eigenvalue weighted by Crippen LogP contribution is 2.07. The molecule has 0 radical (unpaired) electrons. The van der Waals surface area contributed by atoms with Crippen molar-refractivity contribution in [2.75, 3.05) is 6.54 Å². The number of rotatable bonds is 5. The molecule has 22 heavy (non-hydrogen) atoms. The van der Waals surface area contributed by atoms with Gasteiger partial charge in [0.1, 0.15) is 0 Å². The average molecular weight is 415 g/mol. The van der Waals surface area contributed by atoms with Crippen LogP contribution in [0.25, 0.3) is 0 Å². The number of halogens is 1. The Morgan fingerprint density at radius 3 is 2.64 bits per heavy atom. The zero-order chi connectivity index (χ0) is 15.1. The van der Waals surface area contributed by atoms with Crippen molar-refractivity contribution in [3.8, 4) is 0 Å². The Bertz CT molecular complexity index is 611. The lowest BCUT2D eigenvalue weighted by Gasteiger charge is -2.10. The van der Waals surface area contributed by atoms with E-state index in [1.165, 1.54) is 11.1 Å². The molecule has 0 atom stereocenters. The van der Waals surface area contributed by atoms with Gasteiger partial charge in [0.05, 0.1) is 13.1 Å². The van der Waals surface area contributed by atoms with Gasteiger partial charge in [-0.25, -0.2) is 4.99 Å². The first-order valence-electron chi connectivity index (χ1n) is 7.05. The van der Waals surface area contributed by atoms with Crippen LogP contribution < -0.4 is 10.6 Å². The lowest BCUT2D eigenvalue weighted by atomic mass is 10.1. The van der Waals surface area contributed by atoms with E-state index in [2.05, 4.69) is 44.8 Å². The number of aromatic nitrogens is 2. The third-order valence-electron chi connectivity index (χ3n) is 2.99. The molecule has 2 N–H and O–H groups in total. The second-order valence-electron chi connectivity index (χ2n) is 4.71. The van der Waals surface area contributed by atoms with E-state index in [-0.39, 0.29) is 24.0 Å². The highest BCUT2D eigenvalue weighted by molar-refractivity contribution is 14.0. The number of hydrogen-bond acceptors (Lipinski definition) is 4. The minimum absolute atomic E-state index is 0. The van der Waals surface area contributed by atoms with Crippen LogP contribution in [-0.2, 0) is 13.1 Å². The highest BCUT2D eigenvalue weighted by atomic mass is 127. The Hall–Kier alpha value is -1.64. The molecule has 1 heterocycles. The molecule has 7 heteroatoms. The summed E-state index contributed by atoms with van der Waals surface area (Å²) >= 11 is 0. The summed E-state index contributed by atoms with van der Waals surface area (Å²) in [4.78, 5) is 8.72. The van der Waals surface area contributed by atoms with Gasteiger partial charge in [0, 0.05) is 6.54 Å². The van der Waals surface area contributed by atoms with Crippen molar-refractivity contribution < 1.29 is 4.52 Å². The van der Waals surface area contributed by atoms with E-state index in [9.17, 15) is 0 Å². The number of hydrogen-bond donors (Lipinski definition) is 2. The molecule has 0 saturated heterocycles. The monoisotopic (exact) mass is 415 g/mol. The van der Waals surface area contributed by atoms with Crippen LogP contribution in [-0.4, -0.2) is 22.6 Å². The van der Waals surface area contributed by atoms with Crippen LogP contribution in [0.2, 0.25) is 0 Å². The molecule has 0 aliphatic carbocycles. The van der Waals surface area contributed by atoms with Crippen molar-refractivity contribution in [3.05, 3.63) is 47.1 Å². The second kappa shape index (κ2) is 9.39. The lowest BCUT2D eigenvalue weighted by Crippen LogP contribution is -2.36. The maximum absolute atomic E-state index is 5.07. The topological polar surface area (TPSA) is 75.3 Å². The summed E-state index contributed by atoms with van der Waals surface area (Å²) < 4.78 is 5.07. The fourth-order valence-electron chi connectivity index (χ4n) is 1.86. The van der Waals surface area contributed by atoms with Gasteiger partial charge in [0.15, 0.2) is 11.8 Å². The van der Waals surface area contributed by atoms with Crippen molar-refractivity contribution in [1.82, 2.24) is 20.8 Å². The number of nitrogens with one attached hydrogen (secondary N) is 2. The van der Waals surface area contributed by atoms with E-state index in [1.807, 2.05) is 19.1 Å². The number of aliphatic imine (C=N–C) groups is 1. The Labute approximate surface area is 147 Å². The summed E-state index contributed by atoms with van der Waals surface area (Å²) in [6.45, 7) is 7.80. The number of aryl methyl sites for hydroxylation is 2. The van der Waals surface area contributed by atoms with Crippen LogP contribution in [0.4, 0.5) is 0 Å². The van der Waals surface area contributed by atoms with Crippen molar-refractivity contribution in [1.29, 1.82) is 0 Å². The quantitative estimate of drug-likeness (QED) is 0.446. The fraction of sp³-hybridized carbons (Fsp3) is 0.400. The van der Waals surface area contributed by atoms with Crippen molar-refractivity contribution in [2.24, 2.45) is 4.99 Å². The molecule has 2 rings (SSSR count). The Morgan fingerprint density at radius 1 is 1.23 bits per heavy atom. The molecule has 0 unspecified atom stereocenters. The lowest BCUT2D eigenvalue weighted by molar-refractivity contribution is 0.371. The van der Waals surface area contributed by atoms with Gasteiger partial charge < -0.3 is 15.2 Å². The Kier molecular flexibility index (Phi) is 7.86. The third kappa shape index (κ3) is 5.63. The van der Waals surface area contributed by atoms with Crippen molar-refractivity contribution in [2.45, 2.75) is 33.9 Å². The molecule has 0 fully saturated rings. The molecule has 0 aliphatic heterocycles. The van der Waals surface area contributed by atoms with E-state index in [0.717, 1.165) is 12.5 Å². The summed E-state index contributed by atoms with van der Waals surface area (Å²) in [7, 11) is 0. The molecule has 0 amide bonds. The molecular formula is C15H22IN5O. The van der Waals surface area contributed by atoms with Crippen LogP contribution in [0.15, 0.2) is 33.8 Å². The largest absolute Gasteiger partial charge is 0.357 e. The normalized spacial score (nSPS) is 11.0. The molecule has 0 spiro atoms. The van der Waals surface area contributed by atoms with Crippen LogP contribution >= 0.6 is 24.0 Å². The molecule has 0 aliphatic rings. The predicted molar refractivity (Wildman–Crippen MR) is 97.3 cm³/mol. The Morgan fingerprint density at radius 2 is 2.00 bits per heavy atom. The van der Waals surface area contributed by atoms with E-state index >= 15 is 0 Å². The number of benzene rings is 1. The van der Waals surface area contributed by atoms with Gasteiger partial charge in [-0.05, 0) is 31.9 Å². The standard InChI is InChI=1S/C15H21N5O.HI/c1-4-16-15(18-10-14-19-12(3)20-21-14)17-9-13-8-6-5-7-11(13)2;/h5-8H,4,9-10H2,1-3H3,(H2,16,17,18);1H. The van der Waals surface area contributed by atoms with E-state index in [0.29, 0.717) is 24.8 Å². The molecule has 0 saturated carbocycles. The van der Waals surface area contributed by atoms with Gasteiger partial charge in [-0.15, -0.1) is 24.0 Å². The maximum atomic E-state index is 5.07. The summed E-state index contributed by atoms with van der Waals surface area (Å²) in [6, 6.07) is 8.24. The van der Waals surface area contributed by atoms with Crippen molar-refractivity contribution >= 4 is 29.9 Å². The van der Waals surface area contributed by atoms with Gasteiger partial charge in [0.2, 0.25) is 5.89 Å². The van der Waals surface area contributed by atoms with Crippen LogP contribution in [0.3, 0.4) is 0 Å². The maximum Gasteiger partial charge on any atom is 0.246 e. The minimum Gasteiger partial charge on any atom is -0.357 e. The van der Waals surface area contributed by atoms with Gasteiger partial charge in [0.25, 0.3) is 0 Å². The van der Waals surface area contributed by atoms with Crippen LogP contribution in [0, 0.1) is 13.8 Å². The molecule has 2 aromatic rings. The van der Waals surface area contributed by atoms with E-state index in [4.69, 9.17) is 4.52 Å². The first kappa shape index (κ1) is 18.4. The van der Waals surface area contributed by atoms with Gasteiger partial charge >= 0.3 is 0 Å². The van der Waals surface area contributed by atoms with E-state index in [1.54, 1.807) is 6.92 Å². The summed E-state index contributed by atoms with van der Waals surface area (Å²) in [5.41, 5.74) is 2.45. The Balaban J connectivity index is 0.00000242. The van der Waals surface area contributed by atoms with Gasteiger partial charge in [-0.3, -0.25) is 0 Å². The minimum atomic E-state index is 0. The molecule has 6 nitrogen and oxygen atoms in total. The third-order valence-corrected chi connectivity index (χ3v) is 2.99. The fourth-order valence-corrected chi connectivity index (χ4v) is 1.86. The SMILES string of the molecule is CCNC(=NCc1ccccc1C)NCc1nc(C)no1.I.